The second-order valence-electron chi connectivity index (χ2n) is 4.82. The molecule has 4 heteroatoms. The quantitative estimate of drug-likeness (QED) is 0.337. The Kier molecular flexibility index (Phi) is 6.35. The highest BCUT2D eigenvalue weighted by Gasteiger charge is 2.08. The van der Waals surface area contributed by atoms with Crippen LogP contribution in [0.5, 0.6) is 0 Å². The molecule has 0 amide bonds. The van der Waals surface area contributed by atoms with Gasteiger partial charge in [-0.2, -0.15) is 0 Å². The lowest BCUT2D eigenvalue weighted by Gasteiger charge is -2.15. The highest BCUT2D eigenvalue weighted by molar-refractivity contribution is 14.1. The monoisotopic (exact) mass is 398 g/mol. The topological polar surface area (TPSA) is 38.0 Å². The maximum Gasteiger partial charge on any atom is 0.0344 e. The van der Waals surface area contributed by atoms with Crippen LogP contribution in [-0.4, -0.2) is 11.8 Å². The largest absolute Gasteiger partial charge is 0.271 e. The Bertz CT molecular complexity index is 542. The van der Waals surface area contributed by atoms with Crippen LogP contribution in [0.1, 0.15) is 11.1 Å². The van der Waals surface area contributed by atoms with Crippen molar-refractivity contribution in [3.05, 3.63) is 63.2 Å². The molecule has 0 radical (unpaired) electrons. The second-order valence-corrected chi connectivity index (χ2v) is 7.16. The lowest BCUT2D eigenvalue weighted by Crippen LogP contribution is -2.38. The van der Waals surface area contributed by atoms with Crippen LogP contribution in [0.4, 0.5) is 0 Å². The molecule has 0 heterocycles. The van der Waals surface area contributed by atoms with Crippen LogP contribution in [0.15, 0.2) is 53.4 Å². The number of nitrogens with one attached hydrogen (secondary N) is 1. The fraction of sp³-hybridized carbons (Fsp3) is 0.250. The molecule has 2 aromatic carbocycles. The van der Waals surface area contributed by atoms with E-state index in [0.29, 0.717) is 0 Å². The molecule has 0 saturated heterocycles. The van der Waals surface area contributed by atoms with Crippen LogP contribution < -0.4 is 11.3 Å². The minimum Gasteiger partial charge on any atom is -0.271 e. The molecule has 20 heavy (non-hydrogen) atoms. The van der Waals surface area contributed by atoms with Gasteiger partial charge in [0, 0.05) is 20.3 Å². The van der Waals surface area contributed by atoms with Crippen molar-refractivity contribution in [3.8, 4) is 0 Å². The van der Waals surface area contributed by atoms with Crippen LogP contribution >= 0.6 is 34.4 Å². The summed E-state index contributed by atoms with van der Waals surface area (Å²) >= 11 is 4.17. The molecule has 0 aromatic heterocycles. The van der Waals surface area contributed by atoms with Crippen molar-refractivity contribution < 1.29 is 0 Å². The van der Waals surface area contributed by atoms with Gasteiger partial charge in [0.25, 0.3) is 0 Å². The standard InChI is InChI=1S/C16H19IN2S/c1-12-3-2-4-16(9-12)20-11-15(19-18)10-13-5-7-14(17)8-6-13/h2-9,15,19H,10-11,18H2,1H3. The third-order valence-corrected chi connectivity index (χ3v) is 4.95. The highest BCUT2D eigenvalue weighted by Crippen LogP contribution is 2.20. The van der Waals surface area contributed by atoms with Gasteiger partial charge in [-0.05, 0) is 65.8 Å². The summed E-state index contributed by atoms with van der Waals surface area (Å²) in [5.41, 5.74) is 5.54. The van der Waals surface area contributed by atoms with Crippen molar-refractivity contribution in [2.24, 2.45) is 5.84 Å². The zero-order chi connectivity index (χ0) is 14.4. The van der Waals surface area contributed by atoms with E-state index in [4.69, 9.17) is 5.84 Å². The number of aryl methyl sites for hydroxylation is 1. The molecule has 0 aliphatic rings. The Morgan fingerprint density at radius 1 is 1.20 bits per heavy atom. The molecule has 0 aliphatic heterocycles. The molecular formula is C16H19IN2S. The lowest BCUT2D eigenvalue weighted by molar-refractivity contribution is 0.575. The van der Waals surface area contributed by atoms with E-state index in [1.54, 1.807) is 0 Å². The van der Waals surface area contributed by atoms with Gasteiger partial charge in [-0.3, -0.25) is 11.3 Å². The van der Waals surface area contributed by atoms with Crippen molar-refractivity contribution in [2.75, 3.05) is 5.75 Å². The van der Waals surface area contributed by atoms with Gasteiger partial charge < -0.3 is 0 Å². The minimum absolute atomic E-state index is 0.278. The first-order valence-electron chi connectivity index (χ1n) is 6.57. The second kappa shape index (κ2) is 8.02. The van der Waals surface area contributed by atoms with E-state index in [-0.39, 0.29) is 6.04 Å². The van der Waals surface area contributed by atoms with Crippen LogP contribution in [-0.2, 0) is 6.42 Å². The fourth-order valence-corrected chi connectivity index (χ4v) is 3.38. The van der Waals surface area contributed by atoms with Crippen LogP contribution in [0.3, 0.4) is 0 Å². The number of hydrogen-bond donors (Lipinski definition) is 2. The van der Waals surface area contributed by atoms with E-state index in [1.165, 1.54) is 19.6 Å². The van der Waals surface area contributed by atoms with Gasteiger partial charge in [-0.1, -0.05) is 29.8 Å². The van der Waals surface area contributed by atoms with Crippen molar-refractivity contribution in [1.82, 2.24) is 5.43 Å². The maximum atomic E-state index is 5.68. The summed E-state index contributed by atoms with van der Waals surface area (Å²) in [5.74, 6) is 6.64. The average Bonchev–Trinajstić information content (AvgIpc) is 2.45. The summed E-state index contributed by atoms with van der Waals surface area (Å²) in [4.78, 5) is 1.30. The Balaban J connectivity index is 1.90. The summed E-state index contributed by atoms with van der Waals surface area (Å²) in [7, 11) is 0. The predicted molar refractivity (Wildman–Crippen MR) is 95.9 cm³/mol. The third kappa shape index (κ3) is 5.09. The summed E-state index contributed by atoms with van der Waals surface area (Å²) < 4.78 is 1.26. The minimum atomic E-state index is 0.278. The molecule has 0 saturated carbocycles. The van der Waals surface area contributed by atoms with Crippen molar-refractivity contribution in [1.29, 1.82) is 0 Å². The molecule has 106 valence electrons. The first kappa shape index (κ1) is 15.8. The lowest BCUT2D eigenvalue weighted by atomic mass is 10.1. The number of benzene rings is 2. The van der Waals surface area contributed by atoms with Crippen LogP contribution in [0.2, 0.25) is 0 Å². The summed E-state index contributed by atoms with van der Waals surface area (Å²) in [6.45, 7) is 2.12. The SMILES string of the molecule is Cc1cccc(SCC(Cc2ccc(I)cc2)NN)c1. The van der Waals surface area contributed by atoms with Crippen LogP contribution in [0, 0.1) is 10.5 Å². The zero-order valence-corrected chi connectivity index (χ0v) is 14.4. The molecule has 2 aromatic rings. The van der Waals surface area contributed by atoms with E-state index in [9.17, 15) is 0 Å². The van der Waals surface area contributed by atoms with Gasteiger partial charge in [-0.15, -0.1) is 11.8 Å². The molecule has 0 bridgehead atoms. The molecule has 0 fully saturated rings. The fourth-order valence-electron chi connectivity index (χ4n) is 1.97. The van der Waals surface area contributed by atoms with Crippen molar-refractivity contribution in [2.45, 2.75) is 24.3 Å². The Morgan fingerprint density at radius 2 is 1.95 bits per heavy atom. The van der Waals surface area contributed by atoms with E-state index in [2.05, 4.69) is 83.5 Å². The molecule has 2 nitrogen and oxygen atoms in total. The Hall–Kier alpha value is -0.560. The zero-order valence-electron chi connectivity index (χ0n) is 11.5. The first-order valence-corrected chi connectivity index (χ1v) is 8.64. The van der Waals surface area contributed by atoms with Gasteiger partial charge in [0.15, 0.2) is 0 Å². The average molecular weight is 398 g/mol. The maximum absolute atomic E-state index is 5.68. The molecular weight excluding hydrogens is 379 g/mol. The number of halogens is 1. The number of nitrogens with two attached hydrogens (primary N) is 1. The molecule has 1 unspecified atom stereocenters. The highest BCUT2D eigenvalue weighted by atomic mass is 127. The Morgan fingerprint density at radius 3 is 2.60 bits per heavy atom. The van der Waals surface area contributed by atoms with Gasteiger partial charge in [0.05, 0.1) is 0 Å². The number of hydrogen-bond acceptors (Lipinski definition) is 3. The van der Waals surface area contributed by atoms with Gasteiger partial charge in [0.1, 0.15) is 0 Å². The van der Waals surface area contributed by atoms with Crippen molar-refractivity contribution >= 4 is 34.4 Å². The summed E-state index contributed by atoms with van der Waals surface area (Å²) in [6, 6.07) is 17.5. The van der Waals surface area contributed by atoms with E-state index in [1.807, 2.05) is 11.8 Å². The molecule has 1 atom stereocenters. The van der Waals surface area contributed by atoms with Gasteiger partial charge in [0.2, 0.25) is 0 Å². The normalized spacial score (nSPS) is 12.3. The number of thioether (sulfide) groups is 1. The summed E-state index contributed by atoms with van der Waals surface area (Å²) in [6.07, 6.45) is 0.951. The van der Waals surface area contributed by atoms with Gasteiger partial charge in [-0.25, -0.2) is 0 Å². The molecule has 0 spiro atoms. The summed E-state index contributed by atoms with van der Waals surface area (Å²) in [5, 5.41) is 0. The van der Waals surface area contributed by atoms with Crippen molar-refractivity contribution in [3.63, 3.8) is 0 Å². The molecule has 3 N–H and O–H groups in total. The number of hydrazine groups is 1. The van der Waals surface area contributed by atoms with E-state index in [0.717, 1.165) is 12.2 Å². The predicted octanol–water partition coefficient (Wildman–Crippen LogP) is 3.77. The Labute approximate surface area is 138 Å². The molecule has 2 rings (SSSR count). The van der Waals surface area contributed by atoms with Gasteiger partial charge >= 0.3 is 0 Å². The van der Waals surface area contributed by atoms with E-state index >= 15 is 0 Å². The smallest absolute Gasteiger partial charge is 0.0344 e. The molecule has 0 aliphatic carbocycles. The third-order valence-electron chi connectivity index (χ3n) is 3.07. The van der Waals surface area contributed by atoms with Crippen LogP contribution in [0.25, 0.3) is 0 Å². The van der Waals surface area contributed by atoms with E-state index < -0.39 is 0 Å². The number of rotatable bonds is 6. The first-order chi connectivity index (χ1) is 9.67.